The van der Waals surface area contributed by atoms with Crippen LogP contribution in [-0.2, 0) is 0 Å². The summed E-state index contributed by atoms with van der Waals surface area (Å²) in [5.74, 6) is -1.93. The molecule has 22 heavy (non-hydrogen) atoms. The summed E-state index contributed by atoms with van der Waals surface area (Å²) in [6.45, 7) is 1.43. The second-order valence-electron chi connectivity index (χ2n) is 4.34. The van der Waals surface area contributed by atoms with Crippen molar-refractivity contribution in [1.82, 2.24) is 5.43 Å². The molecule has 2 rings (SSSR count). The summed E-state index contributed by atoms with van der Waals surface area (Å²) in [4.78, 5) is 0. The van der Waals surface area contributed by atoms with Crippen molar-refractivity contribution in [2.45, 2.75) is 6.92 Å². The molecule has 0 amide bonds. The van der Waals surface area contributed by atoms with Crippen LogP contribution in [0.4, 0.5) is 18.9 Å². The average Bonchev–Trinajstić information content (AvgIpc) is 2.47. The Balaban J connectivity index is 2.08. The topological polar surface area (TPSA) is 36.4 Å². The Bertz CT molecular complexity index is 711. The normalized spacial score (nSPS) is 11.2. The van der Waals surface area contributed by atoms with Gasteiger partial charge in [0.05, 0.1) is 17.0 Å². The fourth-order valence-corrected chi connectivity index (χ4v) is 1.90. The first-order chi connectivity index (χ1) is 10.5. The van der Waals surface area contributed by atoms with Crippen LogP contribution < -0.4 is 10.7 Å². The van der Waals surface area contributed by atoms with Gasteiger partial charge in [0.2, 0.25) is 0 Å². The van der Waals surface area contributed by atoms with Crippen LogP contribution in [0.2, 0.25) is 0 Å². The molecule has 0 heterocycles. The zero-order valence-corrected chi connectivity index (χ0v) is 12.3. The first kappa shape index (κ1) is 16.0. The quantitative estimate of drug-likeness (QED) is 0.512. The van der Waals surface area contributed by atoms with Crippen LogP contribution >= 0.6 is 12.2 Å². The van der Waals surface area contributed by atoms with Crippen molar-refractivity contribution < 1.29 is 13.2 Å². The zero-order chi connectivity index (χ0) is 16.1. The van der Waals surface area contributed by atoms with Crippen LogP contribution in [0.1, 0.15) is 12.5 Å². The van der Waals surface area contributed by atoms with Crippen molar-refractivity contribution in [3.05, 3.63) is 65.5 Å². The Labute approximate surface area is 130 Å². The van der Waals surface area contributed by atoms with E-state index in [1.165, 1.54) is 25.1 Å². The number of hydrogen-bond acceptors (Lipinski definition) is 2. The third-order valence-corrected chi connectivity index (χ3v) is 2.97. The molecule has 0 aliphatic carbocycles. The molecule has 0 unspecified atom stereocenters. The Morgan fingerprint density at radius 3 is 2.18 bits per heavy atom. The Morgan fingerprint density at radius 2 is 1.55 bits per heavy atom. The third kappa shape index (κ3) is 3.82. The summed E-state index contributed by atoms with van der Waals surface area (Å²) in [7, 11) is 0. The van der Waals surface area contributed by atoms with E-state index in [1.54, 1.807) is 12.1 Å². The number of hydrogen-bond donors (Lipinski definition) is 2. The van der Waals surface area contributed by atoms with Crippen molar-refractivity contribution in [2.24, 2.45) is 5.10 Å². The molecule has 114 valence electrons. The number of anilines is 1. The highest BCUT2D eigenvalue weighted by Gasteiger charge is 2.11. The van der Waals surface area contributed by atoms with Crippen LogP contribution in [0, 0.1) is 17.5 Å². The summed E-state index contributed by atoms with van der Waals surface area (Å²) in [5.41, 5.74) is 2.42. The van der Waals surface area contributed by atoms with E-state index in [9.17, 15) is 13.2 Å². The second kappa shape index (κ2) is 7.04. The van der Waals surface area contributed by atoms with Crippen molar-refractivity contribution in [3.8, 4) is 0 Å². The van der Waals surface area contributed by atoms with Crippen molar-refractivity contribution in [2.75, 3.05) is 5.32 Å². The van der Waals surface area contributed by atoms with Crippen LogP contribution in [0.25, 0.3) is 0 Å². The Morgan fingerprint density at radius 1 is 0.955 bits per heavy atom. The minimum atomic E-state index is -0.726. The monoisotopic (exact) mass is 323 g/mol. The Kier molecular flexibility index (Phi) is 5.11. The minimum Gasteiger partial charge on any atom is -0.329 e. The van der Waals surface area contributed by atoms with E-state index in [0.717, 1.165) is 12.1 Å². The first-order valence-electron chi connectivity index (χ1n) is 6.29. The van der Waals surface area contributed by atoms with E-state index in [4.69, 9.17) is 12.2 Å². The number of thiocarbonyl (C=S) groups is 1. The molecule has 0 aliphatic heterocycles. The van der Waals surface area contributed by atoms with Crippen LogP contribution in [0.3, 0.4) is 0 Å². The molecule has 0 saturated heterocycles. The van der Waals surface area contributed by atoms with Gasteiger partial charge in [0.25, 0.3) is 0 Å². The molecule has 0 bridgehead atoms. The molecule has 0 atom stereocenters. The lowest BCUT2D eigenvalue weighted by Gasteiger charge is -2.09. The minimum absolute atomic E-state index is 0.00111. The number of benzene rings is 2. The van der Waals surface area contributed by atoms with Gasteiger partial charge >= 0.3 is 0 Å². The Hall–Kier alpha value is -2.41. The van der Waals surface area contributed by atoms with Gasteiger partial charge in [-0.05, 0) is 43.4 Å². The number of nitrogens with zero attached hydrogens (tertiary/aromatic N) is 1. The SMILES string of the molecule is C/C(=N/NC(=S)Nc1ccccc1F)c1c(F)cccc1F. The van der Waals surface area contributed by atoms with Gasteiger partial charge in [-0.15, -0.1) is 0 Å². The largest absolute Gasteiger partial charge is 0.329 e. The van der Waals surface area contributed by atoms with Crippen molar-refractivity contribution >= 4 is 28.7 Å². The summed E-state index contributed by atoms with van der Waals surface area (Å²) in [6.07, 6.45) is 0. The van der Waals surface area contributed by atoms with E-state index in [2.05, 4.69) is 15.8 Å². The smallest absolute Gasteiger partial charge is 0.191 e. The van der Waals surface area contributed by atoms with E-state index in [0.29, 0.717) is 0 Å². The van der Waals surface area contributed by atoms with Gasteiger partial charge < -0.3 is 5.32 Å². The van der Waals surface area contributed by atoms with E-state index < -0.39 is 17.5 Å². The van der Waals surface area contributed by atoms with Gasteiger partial charge in [-0.25, -0.2) is 13.2 Å². The van der Waals surface area contributed by atoms with Crippen LogP contribution in [0.5, 0.6) is 0 Å². The maximum absolute atomic E-state index is 13.6. The fourth-order valence-electron chi connectivity index (χ4n) is 1.75. The molecule has 0 radical (unpaired) electrons. The highest BCUT2D eigenvalue weighted by molar-refractivity contribution is 7.80. The van der Waals surface area contributed by atoms with E-state index in [1.807, 2.05) is 0 Å². The highest BCUT2D eigenvalue weighted by Crippen LogP contribution is 2.13. The van der Waals surface area contributed by atoms with Gasteiger partial charge in [0, 0.05) is 0 Å². The third-order valence-electron chi connectivity index (χ3n) is 2.77. The van der Waals surface area contributed by atoms with Crippen LogP contribution in [-0.4, -0.2) is 10.8 Å². The molecule has 0 saturated carbocycles. The molecular weight excluding hydrogens is 311 g/mol. The molecule has 0 aliphatic rings. The lowest BCUT2D eigenvalue weighted by atomic mass is 10.1. The lowest BCUT2D eigenvalue weighted by molar-refractivity contribution is 0.578. The maximum Gasteiger partial charge on any atom is 0.191 e. The lowest BCUT2D eigenvalue weighted by Crippen LogP contribution is -2.25. The molecule has 7 heteroatoms. The average molecular weight is 323 g/mol. The van der Waals surface area contributed by atoms with Gasteiger partial charge in [-0.2, -0.15) is 5.10 Å². The molecule has 0 aromatic heterocycles. The molecule has 2 N–H and O–H groups in total. The van der Waals surface area contributed by atoms with E-state index >= 15 is 0 Å². The number of halogens is 3. The maximum atomic E-state index is 13.6. The van der Waals surface area contributed by atoms with Crippen molar-refractivity contribution in [3.63, 3.8) is 0 Å². The molecule has 3 nitrogen and oxygen atoms in total. The summed E-state index contributed by atoms with van der Waals surface area (Å²) < 4.78 is 40.6. The first-order valence-corrected chi connectivity index (χ1v) is 6.70. The van der Waals surface area contributed by atoms with Gasteiger partial charge in [-0.3, -0.25) is 5.43 Å². The summed E-state index contributed by atoms with van der Waals surface area (Å²) >= 11 is 4.95. The van der Waals surface area contributed by atoms with Gasteiger partial charge in [-0.1, -0.05) is 18.2 Å². The summed E-state index contributed by atoms with van der Waals surface area (Å²) in [5, 5.41) is 6.40. The number of hydrazone groups is 1. The summed E-state index contributed by atoms with van der Waals surface area (Å²) in [6, 6.07) is 9.47. The fraction of sp³-hybridized carbons (Fsp3) is 0.0667. The molecule has 2 aromatic carbocycles. The highest BCUT2D eigenvalue weighted by atomic mass is 32.1. The molecular formula is C15H12F3N3S. The standard InChI is InChI=1S/C15H12F3N3S/c1-9(14-11(17)6-4-7-12(14)18)20-21-15(22)19-13-8-3-2-5-10(13)16/h2-8H,1H3,(H2,19,21,22)/b20-9-. The predicted octanol–water partition coefficient (Wildman–Crippen LogP) is 3.81. The van der Waals surface area contributed by atoms with Crippen LogP contribution in [0.15, 0.2) is 47.6 Å². The zero-order valence-electron chi connectivity index (χ0n) is 11.5. The molecule has 0 spiro atoms. The molecule has 2 aromatic rings. The van der Waals surface area contributed by atoms with Gasteiger partial charge in [0.1, 0.15) is 17.5 Å². The number of nitrogens with one attached hydrogen (secondary N) is 2. The molecule has 0 fully saturated rings. The second-order valence-corrected chi connectivity index (χ2v) is 4.75. The number of rotatable bonds is 3. The number of para-hydroxylation sites is 1. The van der Waals surface area contributed by atoms with Gasteiger partial charge in [0.15, 0.2) is 5.11 Å². The van der Waals surface area contributed by atoms with E-state index in [-0.39, 0.29) is 22.1 Å². The predicted molar refractivity (Wildman–Crippen MR) is 84.3 cm³/mol. The van der Waals surface area contributed by atoms with Crippen molar-refractivity contribution in [1.29, 1.82) is 0 Å².